The summed E-state index contributed by atoms with van der Waals surface area (Å²) >= 11 is 0. The largest absolute Gasteiger partial charge is 0.380 e. The summed E-state index contributed by atoms with van der Waals surface area (Å²) in [5, 5.41) is 0. The first-order chi connectivity index (χ1) is 11.2. The Hall–Kier alpha value is -1.08. The van der Waals surface area contributed by atoms with Crippen LogP contribution in [0.25, 0.3) is 0 Å². The van der Waals surface area contributed by atoms with E-state index in [0.717, 1.165) is 51.3 Å². The Morgan fingerprint density at radius 3 is 2.48 bits per heavy atom. The highest BCUT2D eigenvalue weighted by atomic mass is 35.5. The Balaban J connectivity index is 0.00000156. The van der Waals surface area contributed by atoms with Crippen molar-refractivity contribution in [1.82, 2.24) is 9.88 Å². The Morgan fingerprint density at radius 1 is 1.20 bits per heavy atom. The van der Waals surface area contributed by atoms with Crippen LogP contribution in [0.5, 0.6) is 0 Å². The fourth-order valence-electron chi connectivity index (χ4n) is 3.65. The maximum atomic E-state index is 12.7. The molecule has 2 N–H and O–H groups in total. The van der Waals surface area contributed by atoms with Crippen LogP contribution in [-0.2, 0) is 9.53 Å². The van der Waals surface area contributed by atoms with Gasteiger partial charge in [-0.3, -0.25) is 4.79 Å². The maximum absolute atomic E-state index is 12.7. The van der Waals surface area contributed by atoms with Gasteiger partial charge >= 0.3 is 0 Å². The highest BCUT2D eigenvalue weighted by Crippen LogP contribution is 2.27. The molecule has 3 atom stereocenters. The number of carbonyl (C=O) groups is 1. The van der Waals surface area contributed by atoms with E-state index in [-0.39, 0.29) is 48.8 Å². The summed E-state index contributed by atoms with van der Waals surface area (Å²) in [4.78, 5) is 21.3. The Labute approximate surface area is 161 Å². The Morgan fingerprint density at radius 2 is 1.92 bits per heavy atom. The molecule has 2 fully saturated rings. The Bertz CT molecular complexity index is 527. The lowest BCUT2D eigenvalue weighted by molar-refractivity contribution is -0.138. The number of carbonyl (C=O) groups excluding carboxylic acids is 1. The molecule has 6 nitrogen and oxygen atoms in total. The van der Waals surface area contributed by atoms with Crippen LogP contribution in [-0.4, -0.2) is 61.2 Å². The second kappa shape index (κ2) is 10.2. The van der Waals surface area contributed by atoms with Gasteiger partial charge in [-0.05, 0) is 31.4 Å². The molecule has 1 saturated carbocycles. The number of amides is 1. The number of hydrogen-bond acceptors (Lipinski definition) is 5. The molecule has 0 spiro atoms. The van der Waals surface area contributed by atoms with E-state index in [1.807, 2.05) is 29.3 Å². The van der Waals surface area contributed by atoms with Gasteiger partial charge in [0.15, 0.2) is 0 Å². The molecule has 1 aliphatic heterocycles. The predicted octanol–water partition coefficient (Wildman–Crippen LogP) is 1.72. The second-order valence-corrected chi connectivity index (χ2v) is 6.45. The highest BCUT2D eigenvalue weighted by molar-refractivity contribution is 5.85. The van der Waals surface area contributed by atoms with Gasteiger partial charge in [0.25, 0.3) is 0 Å². The van der Waals surface area contributed by atoms with Crippen LogP contribution in [0.3, 0.4) is 0 Å². The third-order valence-electron chi connectivity index (χ3n) is 5.05. The monoisotopic (exact) mass is 390 g/mol. The minimum Gasteiger partial charge on any atom is -0.380 e. The zero-order valence-electron chi connectivity index (χ0n) is 14.5. The van der Waals surface area contributed by atoms with Crippen molar-refractivity contribution >= 4 is 36.5 Å². The maximum Gasteiger partial charge on any atom is 0.225 e. The fraction of sp³-hybridized carbons (Fsp3) is 0.647. The number of pyridine rings is 1. The van der Waals surface area contributed by atoms with Gasteiger partial charge in [-0.1, -0.05) is 6.07 Å². The first kappa shape index (κ1) is 22.0. The van der Waals surface area contributed by atoms with Gasteiger partial charge in [-0.25, -0.2) is 4.98 Å². The van der Waals surface area contributed by atoms with Crippen molar-refractivity contribution in [2.45, 2.75) is 31.4 Å². The quantitative estimate of drug-likeness (QED) is 0.850. The molecule has 2 heterocycles. The third kappa shape index (κ3) is 5.20. The van der Waals surface area contributed by atoms with Crippen molar-refractivity contribution < 1.29 is 9.53 Å². The number of hydrogen-bond donors (Lipinski definition) is 1. The summed E-state index contributed by atoms with van der Waals surface area (Å²) in [7, 11) is 1.70. The minimum absolute atomic E-state index is 0. The number of anilines is 1. The normalized spacial score (nSPS) is 26.4. The molecule has 3 rings (SSSR count). The molecule has 1 aromatic rings. The molecule has 1 aromatic heterocycles. The molecule has 142 valence electrons. The molecule has 1 amide bonds. The number of rotatable bonds is 3. The van der Waals surface area contributed by atoms with E-state index in [2.05, 4.69) is 9.88 Å². The fourth-order valence-corrected chi connectivity index (χ4v) is 3.65. The van der Waals surface area contributed by atoms with Crippen molar-refractivity contribution in [3.8, 4) is 0 Å². The van der Waals surface area contributed by atoms with Crippen molar-refractivity contribution in [2.24, 2.45) is 11.7 Å². The van der Waals surface area contributed by atoms with Gasteiger partial charge < -0.3 is 20.3 Å². The smallest absolute Gasteiger partial charge is 0.225 e. The molecule has 25 heavy (non-hydrogen) atoms. The summed E-state index contributed by atoms with van der Waals surface area (Å²) in [6.07, 6.45) is 4.40. The standard InChI is InChI=1S/C17H26N4O2.2ClH/c1-23-15-6-5-13(12-14(15)18)17(22)21-10-8-20(9-11-21)16-4-2-3-7-19-16;;/h2-4,7,13-15H,5-6,8-12,18H2,1H3;2*1H/t13-,14+,15+;;/m0../s1. The summed E-state index contributed by atoms with van der Waals surface area (Å²) in [6, 6.07) is 5.90. The van der Waals surface area contributed by atoms with Crippen LogP contribution in [0.4, 0.5) is 5.82 Å². The van der Waals surface area contributed by atoms with Crippen molar-refractivity contribution in [2.75, 3.05) is 38.2 Å². The third-order valence-corrected chi connectivity index (χ3v) is 5.05. The van der Waals surface area contributed by atoms with E-state index in [1.165, 1.54) is 0 Å². The van der Waals surface area contributed by atoms with Crippen LogP contribution in [0.15, 0.2) is 24.4 Å². The topological polar surface area (TPSA) is 71.7 Å². The van der Waals surface area contributed by atoms with Gasteiger partial charge in [0, 0.05) is 51.4 Å². The number of nitrogens with zero attached hydrogens (tertiary/aromatic N) is 3. The SMILES string of the molecule is CO[C@@H]1CC[C@H](C(=O)N2CCN(c3ccccn3)CC2)C[C@H]1N.Cl.Cl. The average molecular weight is 391 g/mol. The van der Waals surface area contributed by atoms with E-state index in [4.69, 9.17) is 10.5 Å². The van der Waals surface area contributed by atoms with Crippen molar-refractivity contribution in [3.05, 3.63) is 24.4 Å². The predicted molar refractivity (Wildman–Crippen MR) is 104 cm³/mol. The van der Waals surface area contributed by atoms with Crippen LogP contribution < -0.4 is 10.6 Å². The number of piperazine rings is 1. The summed E-state index contributed by atoms with van der Waals surface area (Å²) < 4.78 is 5.38. The number of halogens is 2. The molecule has 0 aromatic carbocycles. The molecule has 2 aliphatic rings. The lowest BCUT2D eigenvalue weighted by atomic mass is 9.83. The van der Waals surface area contributed by atoms with E-state index in [9.17, 15) is 4.79 Å². The molecule has 0 bridgehead atoms. The molecular weight excluding hydrogens is 363 g/mol. The molecule has 1 aliphatic carbocycles. The van der Waals surface area contributed by atoms with E-state index >= 15 is 0 Å². The zero-order chi connectivity index (χ0) is 16.2. The van der Waals surface area contributed by atoms with E-state index < -0.39 is 0 Å². The van der Waals surface area contributed by atoms with Gasteiger partial charge in [0.1, 0.15) is 5.82 Å². The summed E-state index contributed by atoms with van der Waals surface area (Å²) in [5.74, 6) is 1.30. The second-order valence-electron chi connectivity index (χ2n) is 6.45. The minimum atomic E-state index is -0.0301. The number of ether oxygens (including phenoxy) is 1. The Kier molecular flexibility index (Phi) is 8.93. The summed E-state index contributed by atoms with van der Waals surface area (Å²) in [5.41, 5.74) is 6.13. The van der Waals surface area contributed by atoms with Gasteiger partial charge in [0.2, 0.25) is 5.91 Å². The van der Waals surface area contributed by atoms with Gasteiger partial charge in [-0.2, -0.15) is 0 Å². The first-order valence-electron chi connectivity index (χ1n) is 8.42. The molecule has 1 saturated heterocycles. The van der Waals surface area contributed by atoms with Crippen LogP contribution in [0.1, 0.15) is 19.3 Å². The number of methoxy groups -OCH3 is 1. The van der Waals surface area contributed by atoms with Crippen molar-refractivity contribution in [1.29, 1.82) is 0 Å². The number of nitrogens with two attached hydrogens (primary N) is 1. The van der Waals surface area contributed by atoms with Gasteiger partial charge in [0.05, 0.1) is 6.10 Å². The van der Waals surface area contributed by atoms with Crippen LogP contribution in [0.2, 0.25) is 0 Å². The molecule has 8 heteroatoms. The van der Waals surface area contributed by atoms with E-state index in [1.54, 1.807) is 7.11 Å². The van der Waals surface area contributed by atoms with Crippen LogP contribution in [0, 0.1) is 5.92 Å². The zero-order valence-corrected chi connectivity index (χ0v) is 16.2. The first-order valence-corrected chi connectivity index (χ1v) is 8.42. The average Bonchev–Trinajstić information content (AvgIpc) is 2.62. The molecular formula is C17H28Cl2N4O2. The van der Waals surface area contributed by atoms with Crippen LogP contribution >= 0.6 is 24.8 Å². The number of aromatic nitrogens is 1. The molecule has 0 radical (unpaired) electrons. The van der Waals surface area contributed by atoms with Gasteiger partial charge in [-0.15, -0.1) is 24.8 Å². The van der Waals surface area contributed by atoms with E-state index in [0.29, 0.717) is 0 Å². The lowest BCUT2D eigenvalue weighted by Crippen LogP contribution is -2.52. The van der Waals surface area contributed by atoms with Crippen molar-refractivity contribution in [3.63, 3.8) is 0 Å². The highest BCUT2D eigenvalue weighted by Gasteiger charge is 2.34. The lowest BCUT2D eigenvalue weighted by Gasteiger charge is -2.39. The summed E-state index contributed by atoms with van der Waals surface area (Å²) in [6.45, 7) is 3.19. The molecule has 0 unspecified atom stereocenters.